The van der Waals surface area contributed by atoms with Crippen molar-refractivity contribution in [1.29, 1.82) is 0 Å². The molecule has 19 heavy (non-hydrogen) atoms. The number of hydrogen-bond acceptors (Lipinski definition) is 3. The minimum atomic E-state index is -0.0139. The van der Waals surface area contributed by atoms with Crippen molar-refractivity contribution in [2.75, 3.05) is 6.54 Å². The average Bonchev–Trinajstić information content (AvgIpc) is 2.96. The zero-order valence-corrected chi connectivity index (χ0v) is 12.1. The van der Waals surface area contributed by atoms with Crippen LogP contribution in [0.15, 0.2) is 10.6 Å². The molecular weight excluding hydrogens is 242 g/mol. The number of aromatic nitrogens is 1. The molecule has 0 unspecified atom stereocenters. The number of nitrogens with zero attached hydrogens (tertiary/aromatic N) is 2. The number of hydrogen-bond donors (Lipinski definition) is 1. The molecule has 1 aliphatic rings. The summed E-state index contributed by atoms with van der Waals surface area (Å²) in [4.78, 5) is 14.0. The minimum Gasteiger partial charge on any atom is -0.359 e. The summed E-state index contributed by atoms with van der Waals surface area (Å²) in [6.45, 7) is 8.88. The van der Waals surface area contributed by atoms with Crippen LogP contribution in [0.4, 0.5) is 4.79 Å². The molecule has 5 nitrogen and oxygen atoms in total. The third-order valence-electron chi connectivity index (χ3n) is 3.39. The first-order valence-electron chi connectivity index (χ1n) is 7.02. The van der Waals surface area contributed by atoms with Crippen LogP contribution >= 0.6 is 0 Å². The number of carbonyl (C=O) groups is 1. The Morgan fingerprint density at radius 2 is 2.21 bits per heavy atom. The first-order chi connectivity index (χ1) is 8.99. The van der Waals surface area contributed by atoms with Gasteiger partial charge in [-0.2, -0.15) is 0 Å². The van der Waals surface area contributed by atoms with Crippen LogP contribution in [0, 0.1) is 0 Å². The fourth-order valence-corrected chi connectivity index (χ4v) is 2.37. The molecule has 0 saturated carbocycles. The van der Waals surface area contributed by atoms with Crippen molar-refractivity contribution < 1.29 is 9.32 Å². The van der Waals surface area contributed by atoms with E-state index in [0.717, 1.165) is 30.8 Å². The highest BCUT2D eigenvalue weighted by atomic mass is 16.5. The Hall–Kier alpha value is -1.52. The summed E-state index contributed by atoms with van der Waals surface area (Å²) in [7, 11) is 0. The molecule has 1 aromatic heterocycles. The molecule has 0 radical (unpaired) electrons. The van der Waals surface area contributed by atoms with Crippen LogP contribution in [0.5, 0.6) is 0 Å². The van der Waals surface area contributed by atoms with Gasteiger partial charge in [-0.15, -0.1) is 0 Å². The van der Waals surface area contributed by atoms with E-state index in [2.05, 4.69) is 24.3 Å². The minimum absolute atomic E-state index is 0.0139. The van der Waals surface area contributed by atoms with Crippen LogP contribution in [0.1, 0.15) is 64.0 Å². The topological polar surface area (TPSA) is 58.4 Å². The van der Waals surface area contributed by atoms with Crippen LogP contribution in [0.2, 0.25) is 0 Å². The van der Waals surface area contributed by atoms with Gasteiger partial charge in [-0.05, 0) is 32.6 Å². The van der Waals surface area contributed by atoms with Crippen molar-refractivity contribution >= 4 is 6.03 Å². The van der Waals surface area contributed by atoms with Crippen molar-refractivity contribution in [3.8, 4) is 0 Å². The largest absolute Gasteiger partial charge is 0.359 e. The number of amides is 2. The Morgan fingerprint density at radius 1 is 1.47 bits per heavy atom. The average molecular weight is 265 g/mol. The predicted octanol–water partition coefficient (Wildman–Crippen LogP) is 3.05. The highest BCUT2D eigenvalue weighted by Crippen LogP contribution is 2.33. The Bertz CT molecular complexity index is 440. The van der Waals surface area contributed by atoms with Gasteiger partial charge in [0.2, 0.25) is 0 Å². The van der Waals surface area contributed by atoms with Gasteiger partial charge >= 0.3 is 6.03 Å². The van der Waals surface area contributed by atoms with E-state index >= 15 is 0 Å². The van der Waals surface area contributed by atoms with Crippen molar-refractivity contribution in [2.45, 2.75) is 58.5 Å². The fourth-order valence-electron chi connectivity index (χ4n) is 2.37. The SMILES string of the molecule is CC(C)NC(=O)N1CCC[C@@H]1c1cc(C(C)C)no1. The molecule has 1 saturated heterocycles. The molecule has 1 aliphatic heterocycles. The summed E-state index contributed by atoms with van der Waals surface area (Å²) in [5, 5.41) is 7.02. The van der Waals surface area contributed by atoms with Crippen molar-refractivity contribution in [1.82, 2.24) is 15.4 Å². The Kier molecular flexibility index (Phi) is 4.12. The zero-order valence-electron chi connectivity index (χ0n) is 12.1. The van der Waals surface area contributed by atoms with Crippen LogP contribution < -0.4 is 5.32 Å². The molecule has 0 aliphatic carbocycles. The van der Waals surface area contributed by atoms with Gasteiger partial charge in [-0.25, -0.2) is 4.79 Å². The van der Waals surface area contributed by atoms with E-state index in [-0.39, 0.29) is 18.1 Å². The van der Waals surface area contributed by atoms with E-state index in [1.807, 2.05) is 24.8 Å². The molecule has 2 rings (SSSR count). The molecule has 0 spiro atoms. The van der Waals surface area contributed by atoms with Crippen molar-refractivity contribution in [3.63, 3.8) is 0 Å². The summed E-state index contributed by atoms with van der Waals surface area (Å²) in [5.41, 5.74) is 0.950. The van der Waals surface area contributed by atoms with Gasteiger partial charge in [0.15, 0.2) is 5.76 Å². The third-order valence-corrected chi connectivity index (χ3v) is 3.39. The summed E-state index contributed by atoms with van der Waals surface area (Å²) in [6.07, 6.45) is 1.95. The lowest BCUT2D eigenvalue weighted by Crippen LogP contribution is -2.42. The second-order valence-corrected chi connectivity index (χ2v) is 5.76. The molecule has 2 amide bonds. The maximum Gasteiger partial charge on any atom is 0.318 e. The molecule has 1 N–H and O–H groups in total. The smallest absolute Gasteiger partial charge is 0.318 e. The fraction of sp³-hybridized carbons (Fsp3) is 0.714. The van der Waals surface area contributed by atoms with Gasteiger partial charge in [-0.1, -0.05) is 19.0 Å². The lowest BCUT2D eigenvalue weighted by molar-refractivity contribution is 0.180. The quantitative estimate of drug-likeness (QED) is 0.913. The molecular formula is C14H23N3O2. The zero-order chi connectivity index (χ0) is 14.0. The predicted molar refractivity (Wildman–Crippen MR) is 72.9 cm³/mol. The second-order valence-electron chi connectivity index (χ2n) is 5.76. The number of likely N-dealkylation sites (tertiary alicyclic amines) is 1. The van der Waals surface area contributed by atoms with Gasteiger partial charge in [-0.3, -0.25) is 0 Å². The molecule has 2 heterocycles. The summed E-state index contributed by atoms with van der Waals surface area (Å²) < 4.78 is 5.42. The Labute approximate surface area is 114 Å². The summed E-state index contributed by atoms with van der Waals surface area (Å²) in [6, 6.07) is 2.14. The van der Waals surface area contributed by atoms with Gasteiger partial charge in [0.05, 0.1) is 11.7 Å². The Morgan fingerprint density at radius 3 is 2.79 bits per heavy atom. The molecule has 0 bridgehead atoms. The molecule has 5 heteroatoms. The monoisotopic (exact) mass is 265 g/mol. The molecule has 1 atom stereocenters. The molecule has 0 aromatic carbocycles. The van der Waals surface area contributed by atoms with E-state index < -0.39 is 0 Å². The van der Waals surface area contributed by atoms with Crippen LogP contribution in [-0.4, -0.2) is 28.7 Å². The van der Waals surface area contributed by atoms with Gasteiger partial charge < -0.3 is 14.7 Å². The van der Waals surface area contributed by atoms with E-state index in [1.54, 1.807) is 0 Å². The normalized spacial score (nSPS) is 19.5. The van der Waals surface area contributed by atoms with Gasteiger partial charge in [0.1, 0.15) is 0 Å². The number of urea groups is 1. The van der Waals surface area contributed by atoms with Crippen LogP contribution in [0.3, 0.4) is 0 Å². The standard InChI is InChI=1S/C14H23N3O2/c1-9(2)11-8-13(19-16-11)12-6-5-7-17(12)14(18)15-10(3)4/h8-10,12H,5-7H2,1-4H3,(H,15,18)/t12-/m1/s1. The van der Waals surface area contributed by atoms with Crippen LogP contribution in [-0.2, 0) is 0 Å². The van der Waals surface area contributed by atoms with Crippen LogP contribution in [0.25, 0.3) is 0 Å². The van der Waals surface area contributed by atoms with E-state index in [0.29, 0.717) is 5.92 Å². The summed E-state index contributed by atoms with van der Waals surface area (Å²) in [5.74, 6) is 1.15. The maximum absolute atomic E-state index is 12.1. The first-order valence-corrected chi connectivity index (χ1v) is 7.02. The highest BCUT2D eigenvalue weighted by Gasteiger charge is 2.33. The number of rotatable bonds is 3. The second kappa shape index (κ2) is 5.63. The van der Waals surface area contributed by atoms with E-state index in [1.165, 1.54) is 0 Å². The van der Waals surface area contributed by atoms with E-state index in [9.17, 15) is 4.79 Å². The van der Waals surface area contributed by atoms with Crippen molar-refractivity contribution in [2.24, 2.45) is 0 Å². The molecule has 1 fully saturated rings. The van der Waals surface area contributed by atoms with E-state index in [4.69, 9.17) is 4.52 Å². The highest BCUT2D eigenvalue weighted by molar-refractivity contribution is 5.75. The lowest BCUT2D eigenvalue weighted by Gasteiger charge is -2.24. The van der Waals surface area contributed by atoms with Gasteiger partial charge in [0.25, 0.3) is 0 Å². The van der Waals surface area contributed by atoms with Crippen molar-refractivity contribution in [3.05, 3.63) is 17.5 Å². The lowest BCUT2D eigenvalue weighted by atomic mass is 10.1. The third kappa shape index (κ3) is 3.08. The molecule has 1 aromatic rings. The maximum atomic E-state index is 12.1. The Balaban J connectivity index is 2.11. The first kappa shape index (κ1) is 13.9. The van der Waals surface area contributed by atoms with Gasteiger partial charge in [0, 0.05) is 18.7 Å². The molecule has 106 valence electrons. The number of nitrogens with one attached hydrogen (secondary N) is 1. The number of carbonyl (C=O) groups excluding carboxylic acids is 1. The summed E-state index contributed by atoms with van der Waals surface area (Å²) >= 11 is 0.